The molecule has 0 heterocycles. The summed E-state index contributed by atoms with van der Waals surface area (Å²) in [4.78, 5) is 0. The molecular formula is C14H19N3. The number of nitrogen functional groups attached to an aromatic ring is 1. The monoisotopic (exact) mass is 229 g/mol. The normalized spacial score (nSPS) is 20.6. The van der Waals surface area contributed by atoms with Crippen LogP contribution in [0.25, 0.3) is 0 Å². The maximum absolute atomic E-state index is 8.94. The highest BCUT2D eigenvalue weighted by molar-refractivity contribution is 5.62. The largest absolute Gasteiger partial charge is 0.398 e. The second kappa shape index (κ2) is 3.40. The fraction of sp³-hybridized carbons (Fsp3) is 0.500. The Kier molecular flexibility index (Phi) is 2.36. The first-order valence-corrected chi connectivity index (χ1v) is 5.87. The summed E-state index contributed by atoms with van der Waals surface area (Å²) in [5.41, 5.74) is 8.30. The first-order chi connectivity index (χ1) is 7.80. The third-order valence-electron chi connectivity index (χ3n) is 4.51. The molecule has 3 heteroatoms. The zero-order valence-electron chi connectivity index (χ0n) is 10.8. The molecule has 0 aliphatic heterocycles. The van der Waals surface area contributed by atoms with Crippen LogP contribution in [0.4, 0.5) is 11.4 Å². The van der Waals surface area contributed by atoms with E-state index in [-0.39, 0.29) is 10.8 Å². The van der Waals surface area contributed by atoms with Crippen molar-refractivity contribution in [3.8, 4) is 6.07 Å². The number of hydrogen-bond acceptors (Lipinski definition) is 3. The number of benzene rings is 1. The minimum atomic E-state index is 0.279. The van der Waals surface area contributed by atoms with Gasteiger partial charge in [-0.3, -0.25) is 0 Å². The van der Waals surface area contributed by atoms with Crippen LogP contribution in [0.15, 0.2) is 18.2 Å². The van der Waals surface area contributed by atoms with Gasteiger partial charge in [-0.2, -0.15) is 5.26 Å². The molecule has 17 heavy (non-hydrogen) atoms. The Bertz CT molecular complexity index is 481. The Morgan fingerprint density at radius 3 is 2.29 bits per heavy atom. The molecule has 1 saturated carbocycles. The number of nitrogens with zero attached hydrogens (tertiary/aromatic N) is 1. The van der Waals surface area contributed by atoms with Gasteiger partial charge in [-0.1, -0.05) is 27.7 Å². The highest BCUT2D eigenvalue weighted by Crippen LogP contribution is 2.63. The molecule has 3 N–H and O–H groups in total. The number of rotatable bonds is 2. The van der Waals surface area contributed by atoms with E-state index in [2.05, 4.69) is 39.1 Å². The van der Waals surface area contributed by atoms with Gasteiger partial charge in [0.15, 0.2) is 0 Å². The number of nitrogens with one attached hydrogen (secondary N) is 1. The quantitative estimate of drug-likeness (QED) is 0.766. The molecule has 0 radical (unpaired) electrons. The Labute approximate surface area is 103 Å². The number of hydrogen-bond donors (Lipinski definition) is 2. The lowest BCUT2D eigenvalue weighted by Crippen LogP contribution is -2.10. The molecule has 1 aromatic carbocycles. The third-order valence-corrected chi connectivity index (χ3v) is 4.51. The van der Waals surface area contributed by atoms with Gasteiger partial charge in [-0.05, 0) is 29.0 Å². The SMILES string of the molecule is CC1(C)C(Nc2ccc(N)c(C#N)c2)C1(C)C. The summed E-state index contributed by atoms with van der Waals surface area (Å²) in [7, 11) is 0. The minimum Gasteiger partial charge on any atom is -0.398 e. The second-order valence-corrected chi connectivity index (χ2v) is 5.93. The van der Waals surface area contributed by atoms with E-state index in [4.69, 9.17) is 11.0 Å². The van der Waals surface area contributed by atoms with Gasteiger partial charge in [0.25, 0.3) is 0 Å². The van der Waals surface area contributed by atoms with Gasteiger partial charge in [0.05, 0.1) is 5.56 Å². The van der Waals surface area contributed by atoms with E-state index in [9.17, 15) is 0 Å². The Morgan fingerprint density at radius 1 is 1.24 bits per heavy atom. The zero-order valence-corrected chi connectivity index (χ0v) is 10.8. The summed E-state index contributed by atoms with van der Waals surface area (Å²) in [6, 6.07) is 8.07. The van der Waals surface area contributed by atoms with Gasteiger partial charge in [-0.25, -0.2) is 0 Å². The zero-order chi connectivity index (χ0) is 12.8. The maximum atomic E-state index is 8.94. The Morgan fingerprint density at radius 2 is 1.82 bits per heavy atom. The van der Waals surface area contributed by atoms with Crippen LogP contribution in [-0.2, 0) is 0 Å². The lowest BCUT2D eigenvalue weighted by atomic mass is 10.0. The molecule has 1 aliphatic rings. The van der Waals surface area contributed by atoms with Crippen molar-refractivity contribution in [3.63, 3.8) is 0 Å². The van der Waals surface area contributed by atoms with Crippen LogP contribution in [0, 0.1) is 22.2 Å². The lowest BCUT2D eigenvalue weighted by molar-refractivity contribution is 0.457. The van der Waals surface area contributed by atoms with E-state index in [1.54, 1.807) is 6.07 Å². The molecule has 0 amide bonds. The average molecular weight is 229 g/mol. The lowest BCUT2D eigenvalue weighted by Gasteiger charge is -2.09. The van der Waals surface area contributed by atoms with Gasteiger partial charge in [0, 0.05) is 17.4 Å². The van der Waals surface area contributed by atoms with Crippen molar-refractivity contribution in [2.75, 3.05) is 11.1 Å². The van der Waals surface area contributed by atoms with Crippen molar-refractivity contribution in [1.82, 2.24) is 0 Å². The fourth-order valence-electron chi connectivity index (χ4n) is 2.47. The summed E-state index contributed by atoms with van der Waals surface area (Å²) in [5.74, 6) is 0. The highest BCUT2D eigenvalue weighted by Gasteiger charge is 2.64. The Hall–Kier alpha value is -1.69. The molecule has 90 valence electrons. The summed E-state index contributed by atoms with van der Waals surface area (Å²) in [6.07, 6.45) is 0. The smallest absolute Gasteiger partial charge is 0.101 e. The van der Waals surface area contributed by atoms with Gasteiger partial charge in [0.1, 0.15) is 6.07 Å². The molecule has 1 aliphatic carbocycles. The molecule has 0 atom stereocenters. The van der Waals surface area contributed by atoms with Crippen LogP contribution in [0.3, 0.4) is 0 Å². The molecule has 3 nitrogen and oxygen atoms in total. The third kappa shape index (κ3) is 1.64. The average Bonchev–Trinajstić information content (AvgIpc) is 2.63. The van der Waals surface area contributed by atoms with E-state index in [1.165, 1.54) is 0 Å². The van der Waals surface area contributed by atoms with Gasteiger partial charge >= 0.3 is 0 Å². The van der Waals surface area contributed by atoms with Crippen LogP contribution in [0.1, 0.15) is 33.3 Å². The van der Waals surface area contributed by atoms with Crippen LogP contribution in [0.5, 0.6) is 0 Å². The standard InChI is InChI=1S/C14H19N3/c1-13(2)12(14(13,3)4)17-10-5-6-11(16)9(7-10)8-15/h5-7,12,17H,16H2,1-4H3. The maximum Gasteiger partial charge on any atom is 0.101 e. The molecule has 1 aromatic rings. The predicted molar refractivity (Wildman–Crippen MR) is 70.5 cm³/mol. The van der Waals surface area contributed by atoms with Gasteiger partial charge in [-0.15, -0.1) is 0 Å². The van der Waals surface area contributed by atoms with E-state index in [0.717, 1.165) is 5.69 Å². The molecule has 1 fully saturated rings. The van der Waals surface area contributed by atoms with E-state index < -0.39 is 0 Å². The van der Waals surface area contributed by atoms with Gasteiger partial charge in [0.2, 0.25) is 0 Å². The van der Waals surface area contributed by atoms with Crippen molar-refractivity contribution in [1.29, 1.82) is 5.26 Å². The van der Waals surface area contributed by atoms with Crippen molar-refractivity contribution in [2.45, 2.75) is 33.7 Å². The fourth-order valence-corrected chi connectivity index (χ4v) is 2.47. The summed E-state index contributed by atoms with van der Waals surface area (Å²) in [5, 5.41) is 12.4. The summed E-state index contributed by atoms with van der Waals surface area (Å²) in [6.45, 7) is 9.03. The molecule has 0 aromatic heterocycles. The van der Waals surface area contributed by atoms with Crippen LogP contribution in [-0.4, -0.2) is 6.04 Å². The molecule has 0 spiro atoms. The summed E-state index contributed by atoms with van der Waals surface area (Å²) < 4.78 is 0. The first-order valence-electron chi connectivity index (χ1n) is 5.87. The Balaban J connectivity index is 2.20. The summed E-state index contributed by atoms with van der Waals surface area (Å²) >= 11 is 0. The first kappa shape index (κ1) is 11.8. The van der Waals surface area contributed by atoms with E-state index in [1.807, 2.05) is 12.1 Å². The van der Waals surface area contributed by atoms with E-state index in [0.29, 0.717) is 17.3 Å². The van der Waals surface area contributed by atoms with E-state index >= 15 is 0 Å². The molecule has 0 unspecified atom stereocenters. The van der Waals surface area contributed by atoms with Crippen molar-refractivity contribution >= 4 is 11.4 Å². The van der Waals surface area contributed by atoms with Crippen molar-refractivity contribution in [2.24, 2.45) is 10.8 Å². The van der Waals surface area contributed by atoms with Crippen molar-refractivity contribution < 1.29 is 0 Å². The molecular weight excluding hydrogens is 210 g/mol. The predicted octanol–water partition coefficient (Wildman–Crippen LogP) is 2.99. The van der Waals surface area contributed by atoms with Crippen molar-refractivity contribution in [3.05, 3.63) is 23.8 Å². The molecule has 0 saturated heterocycles. The highest BCUT2D eigenvalue weighted by atomic mass is 15.0. The van der Waals surface area contributed by atoms with Gasteiger partial charge < -0.3 is 11.1 Å². The number of nitrogens with two attached hydrogens (primary N) is 1. The van der Waals surface area contributed by atoms with Crippen LogP contribution in [0.2, 0.25) is 0 Å². The van der Waals surface area contributed by atoms with Crippen LogP contribution < -0.4 is 11.1 Å². The second-order valence-electron chi connectivity index (χ2n) is 5.93. The number of nitriles is 1. The topological polar surface area (TPSA) is 61.8 Å². The number of anilines is 2. The molecule has 0 bridgehead atoms. The minimum absolute atomic E-state index is 0.279. The molecule has 2 rings (SSSR count). The van der Waals surface area contributed by atoms with Crippen LogP contribution >= 0.6 is 0 Å².